The molecule has 2 N–H and O–H groups in total. The minimum absolute atomic E-state index is 0.0596. The fourth-order valence-electron chi connectivity index (χ4n) is 6.33. The molecule has 0 aromatic rings. The van der Waals surface area contributed by atoms with Crippen molar-refractivity contribution in [1.29, 1.82) is 0 Å². The van der Waals surface area contributed by atoms with Crippen LogP contribution in [0.15, 0.2) is 0 Å². The smallest absolute Gasteiger partial charge is 0.305 e. The normalized spacial score (nSPS) is 12.9. The molecule has 0 aliphatic heterocycles. The molecule has 0 saturated carbocycles. The van der Waals surface area contributed by atoms with Crippen LogP contribution in [0.2, 0.25) is 0 Å². The van der Waals surface area contributed by atoms with Crippen LogP contribution < -0.4 is 0 Å². The summed E-state index contributed by atoms with van der Waals surface area (Å²) in [5, 5.41) is 19.1. The molecule has 8 heteroatoms. The van der Waals surface area contributed by atoms with Crippen molar-refractivity contribution in [2.24, 2.45) is 0 Å². The number of carbonyl (C=O) groups is 2. The van der Waals surface area contributed by atoms with E-state index in [2.05, 4.69) is 37.5 Å². The van der Waals surface area contributed by atoms with Gasteiger partial charge in [-0.15, -0.1) is 0 Å². The van der Waals surface area contributed by atoms with Gasteiger partial charge >= 0.3 is 11.9 Å². The zero-order chi connectivity index (χ0) is 34.8. The molecule has 47 heavy (non-hydrogen) atoms. The second-order valence-corrected chi connectivity index (χ2v) is 13.6. The number of esters is 2. The first-order valence-electron chi connectivity index (χ1n) is 20.0. The Morgan fingerprint density at radius 3 is 1.28 bits per heavy atom. The minimum Gasteiger partial charge on any atom is -0.464 e. The van der Waals surface area contributed by atoms with Crippen LogP contribution in [0.25, 0.3) is 0 Å². The molecule has 0 heterocycles. The van der Waals surface area contributed by atoms with E-state index in [9.17, 15) is 19.8 Å². The van der Waals surface area contributed by atoms with E-state index in [-0.39, 0.29) is 37.2 Å². The number of ether oxygens (including phenoxy) is 2. The number of aliphatic hydroxyl groups is 2. The lowest BCUT2D eigenvalue weighted by atomic mass is 10.00. The van der Waals surface area contributed by atoms with Gasteiger partial charge in [0.05, 0.1) is 13.2 Å². The molecule has 0 aromatic heterocycles. The van der Waals surface area contributed by atoms with Gasteiger partial charge in [-0.05, 0) is 38.6 Å². The number of unbranched alkanes of at least 4 members (excludes halogenated alkanes) is 14. The largest absolute Gasteiger partial charge is 0.464 e. The van der Waals surface area contributed by atoms with Gasteiger partial charge in [0.25, 0.3) is 0 Å². The van der Waals surface area contributed by atoms with E-state index in [1.165, 1.54) is 64.2 Å². The second kappa shape index (κ2) is 34.6. The van der Waals surface area contributed by atoms with Gasteiger partial charge in [0.15, 0.2) is 0 Å². The Morgan fingerprint density at radius 1 is 0.489 bits per heavy atom. The molecule has 2 unspecified atom stereocenters. The molecule has 0 radical (unpaired) electrons. The highest BCUT2D eigenvalue weighted by molar-refractivity contribution is 5.69. The van der Waals surface area contributed by atoms with Crippen LogP contribution in [0.5, 0.6) is 0 Å². The van der Waals surface area contributed by atoms with Crippen molar-refractivity contribution in [1.82, 2.24) is 9.80 Å². The first-order valence-corrected chi connectivity index (χ1v) is 20.0. The quantitative estimate of drug-likeness (QED) is 0.0506. The molecule has 0 fully saturated rings. The van der Waals surface area contributed by atoms with Crippen molar-refractivity contribution < 1.29 is 29.3 Å². The van der Waals surface area contributed by atoms with Crippen molar-refractivity contribution >= 4 is 11.9 Å². The lowest BCUT2D eigenvalue weighted by molar-refractivity contribution is -0.148. The van der Waals surface area contributed by atoms with E-state index < -0.39 is 0 Å². The summed E-state index contributed by atoms with van der Waals surface area (Å²) in [6, 6.07) is 0.119. The minimum atomic E-state index is -0.113. The summed E-state index contributed by atoms with van der Waals surface area (Å²) in [5.74, 6) is -0.225. The van der Waals surface area contributed by atoms with Crippen molar-refractivity contribution in [3.05, 3.63) is 0 Å². The van der Waals surface area contributed by atoms with Gasteiger partial charge in [-0.2, -0.15) is 0 Å². The van der Waals surface area contributed by atoms with E-state index >= 15 is 0 Å². The Kier molecular flexibility index (Phi) is 33.7. The number of rotatable bonds is 36. The Balaban J connectivity index is 6.02. The Hall–Kier alpha value is -1.22. The van der Waals surface area contributed by atoms with E-state index in [1.54, 1.807) is 0 Å². The number of carbonyl (C=O) groups excluding carboxylic acids is 2. The fraction of sp³-hybridized carbons (Fsp3) is 0.949. The summed E-state index contributed by atoms with van der Waals surface area (Å²) in [4.78, 5) is 30.2. The molecule has 0 amide bonds. The van der Waals surface area contributed by atoms with Gasteiger partial charge in [-0.3, -0.25) is 19.4 Å². The Labute approximate surface area is 290 Å². The third-order valence-electron chi connectivity index (χ3n) is 9.29. The van der Waals surface area contributed by atoms with E-state index in [1.807, 2.05) is 0 Å². The Morgan fingerprint density at radius 2 is 0.872 bits per heavy atom. The maximum atomic E-state index is 12.8. The van der Waals surface area contributed by atoms with Crippen molar-refractivity contribution in [2.75, 3.05) is 52.6 Å². The zero-order valence-electron chi connectivity index (χ0n) is 31.5. The summed E-state index contributed by atoms with van der Waals surface area (Å²) in [6.07, 6.45) is 24.1. The molecule has 0 aliphatic rings. The highest BCUT2D eigenvalue weighted by Crippen LogP contribution is 2.22. The first kappa shape index (κ1) is 45.8. The zero-order valence-corrected chi connectivity index (χ0v) is 31.5. The van der Waals surface area contributed by atoms with E-state index in [0.717, 1.165) is 83.7 Å². The van der Waals surface area contributed by atoms with Crippen LogP contribution in [0.1, 0.15) is 175 Å². The topological polar surface area (TPSA) is 99.5 Å². The monoisotopic (exact) mass is 671 g/mol. The van der Waals surface area contributed by atoms with Crippen LogP contribution in [0.4, 0.5) is 0 Å². The molecule has 0 aliphatic carbocycles. The molecule has 0 saturated heterocycles. The molecule has 0 aromatic carbocycles. The molecule has 0 spiro atoms. The van der Waals surface area contributed by atoms with E-state index in [0.29, 0.717) is 39.1 Å². The van der Waals surface area contributed by atoms with Crippen molar-refractivity contribution in [3.63, 3.8) is 0 Å². The fourth-order valence-corrected chi connectivity index (χ4v) is 6.33. The molecule has 2 atom stereocenters. The average Bonchev–Trinajstić information content (AvgIpc) is 3.06. The standard InChI is InChI=1S/C39H78N2O6/c1-5-9-13-15-17-21-24-36(34-46-38(44)26-19-11-7-3)41(29-23-28-40(30-32-42)31-33-43)37(25-22-18-16-14-10-6-2)35-47-39(45)27-20-12-8-4/h36-37,42-43H,5-35H2,1-4H3. The van der Waals surface area contributed by atoms with Crippen LogP contribution in [-0.4, -0.2) is 96.6 Å². The number of aliphatic hydroxyl groups excluding tert-OH is 2. The third-order valence-corrected chi connectivity index (χ3v) is 9.29. The predicted molar refractivity (Wildman–Crippen MR) is 196 cm³/mol. The van der Waals surface area contributed by atoms with Gasteiger partial charge in [0.2, 0.25) is 0 Å². The van der Waals surface area contributed by atoms with Gasteiger partial charge in [0.1, 0.15) is 13.2 Å². The first-order chi connectivity index (χ1) is 23.0. The number of nitrogens with zero attached hydrogens (tertiary/aromatic N) is 2. The summed E-state index contributed by atoms with van der Waals surface area (Å²) < 4.78 is 12.0. The molecule has 280 valence electrons. The molecule has 8 nitrogen and oxygen atoms in total. The lowest BCUT2D eigenvalue weighted by Gasteiger charge is -2.38. The van der Waals surface area contributed by atoms with Crippen LogP contribution in [0, 0.1) is 0 Å². The number of hydrogen-bond donors (Lipinski definition) is 2. The highest BCUT2D eigenvalue weighted by Gasteiger charge is 2.28. The van der Waals surface area contributed by atoms with Crippen LogP contribution in [-0.2, 0) is 19.1 Å². The van der Waals surface area contributed by atoms with Crippen LogP contribution in [0.3, 0.4) is 0 Å². The summed E-state index contributed by atoms with van der Waals surface area (Å²) in [7, 11) is 0. The Bertz CT molecular complexity index is 642. The predicted octanol–water partition coefficient (Wildman–Crippen LogP) is 8.45. The SMILES string of the molecule is CCCCCCCCC(COC(=O)CCCCC)N(CCCN(CCO)CCO)C(CCCCCCCC)COC(=O)CCCCC. The molecule has 0 bridgehead atoms. The van der Waals surface area contributed by atoms with Gasteiger partial charge in [-0.1, -0.05) is 130 Å². The highest BCUT2D eigenvalue weighted by atomic mass is 16.5. The van der Waals surface area contributed by atoms with E-state index in [4.69, 9.17) is 9.47 Å². The molecular weight excluding hydrogens is 592 g/mol. The summed E-state index contributed by atoms with van der Waals surface area (Å²) >= 11 is 0. The maximum absolute atomic E-state index is 12.8. The third kappa shape index (κ3) is 27.3. The van der Waals surface area contributed by atoms with Gasteiger partial charge in [0, 0.05) is 44.6 Å². The van der Waals surface area contributed by atoms with Gasteiger partial charge < -0.3 is 19.7 Å². The van der Waals surface area contributed by atoms with Crippen molar-refractivity contribution in [3.8, 4) is 0 Å². The summed E-state index contributed by atoms with van der Waals surface area (Å²) in [6.45, 7) is 12.3. The van der Waals surface area contributed by atoms with Crippen LogP contribution >= 0.6 is 0 Å². The second-order valence-electron chi connectivity index (χ2n) is 13.6. The average molecular weight is 671 g/mol. The molecule has 0 rings (SSSR count). The lowest BCUT2D eigenvalue weighted by Crippen LogP contribution is -2.49. The number of hydrogen-bond acceptors (Lipinski definition) is 8. The van der Waals surface area contributed by atoms with Crippen molar-refractivity contribution in [2.45, 2.75) is 187 Å². The molecular formula is C39H78N2O6. The summed E-state index contributed by atoms with van der Waals surface area (Å²) in [5.41, 5.74) is 0. The maximum Gasteiger partial charge on any atom is 0.305 e. The van der Waals surface area contributed by atoms with Gasteiger partial charge in [-0.25, -0.2) is 0 Å².